The molecule has 11 heavy (non-hydrogen) atoms. The molecule has 0 aliphatic heterocycles. The summed E-state index contributed by atoms with van der Waals surface area (Å²) in [6, 6.07) is 6.09. The van der Waals surface area contributed by atoms with Crippen LogP contribution in [0.3, 0.4) is 0 Å². The third-order valence-electron chi connectivity index (χ3n) is 1.16. The van der Waals surface area contributed by atoms with E-state index in [4.69, 9.17) is 10.8 Å². The molecular weight excluding hydrogens is 153 g/mol. The molecular formula is C7H6NNaO2. The van der Waals surface area contributed by atoms with Crippen molar-refractivity contribution in [2.75, 3.05) is 0 Å². The number of rotatable bonds is 1. The van der Waals surface area contributed by atoms with Crippen LogP contribution in [0.1, 0.15) is 10.4 Å². The third kappa shape index (κ3) is 2.54. The van der Waals surface area contributed by atoms with Gasteiger partial charge >= 0.3 is 35.5 Å². The molecule has 0 aromatic heterocycles. The van der Waals surface area contributed by atoms with Crippen molar-refractivity contribution < 1.29 is 39.5 Å². The van der Waals surface area contributed by atoms with Gasteiger partial charge in [0, 0.05) is 5.56 Å². The smallest absolute Gasteiger partial charge is 0.698 e. The number of carbonyl (C=O) groups is 1. The molecule has 1 aromatic rings. The summed E-state index contributed by atoms with van der Waals surface area (Å²) in [6.07, 6.45) is 0. The molecule has 0 amide bonds. The summed E-state index contributed by atoms with van der Waals surface area (Å²) in [7, 11) is 0. The normalized spacial score (nSPS) is 8.36. The maximum absolute atomic E-state index is 10.3. The van der Waals surface area contributed by atoms with Crippen LogP contribution < -0.4 is 29.6 Å². The quantitative estimate of drug-likeness (QED) is 0.538. The summed E-state index contributed by atoms with van der Waals surface area (Å²) >= 11 is 0. The first kappa shape index (κ1) is 10.5. The topological polar surface area (TPSA) is 61.1 Å². The van der Waals surface area contributed by atoms with Gasteiger partial charge < -0.3 is 10.8 Å². The van der Waals surface area contributed by atoms with E-state index in [1.807, 2.05) is 0 Å². The molecule has 0 radical (unpaired) electrons. The first-order chi connectivity index (χ1) is 4.72. The molecule has 0 bridgehead atoms. The minimum absolute atomic E-state index is 0. The summed E-state index contributed by atoms with van der Waals surface area (Å²) in [5, 5.41) is 8.45. The Morgan fingerprint density at radius 3 is 2.27 bits per heavy atom. The van der Waals surface area contributed by atoms with E-state index in [1.54, 1.807) is 12.1 Å². The van der Waals surface area contributed by atoms with Crippen molar-refractivity contribution in [2.45, 2.75) is 0 Å². The van der Waals surface area contributed by atoms with E-state index in [9.17, 15) is 4.79 Å². The molecule has 0 heterocycles. The molecule has 0 aliphatic rings. The van der Waals surface area contributed by atoms with Crippen molar-refractivity contribution in [3.05, 3.63) is 35.6 Å². The second-order valence-electron chi connectivity index (χ2n) is 1.85. The van der Waals surface area contributed by atoms with Crippen molar-refractivity contribution in [3.63, 3.8) is 0 Å². The van der Waals surface area contributed by atoms with Crippen LogP contribution in [0.25, 0.3) is 5.73 Å². The van der Waals surface area contributed by atoms with Gasteiger partial charge in [0.1, 0.15) is 0 Å². The maximum atomic E-state index is 10.3. The van der Waals surface area contributed by atoms with Gasteiger partial charge in [-0.05, 0) is 6.07 Å². The first-order valence-electron chi connectivity index (χ1n) is 2.76. The van der Waals surface area contributed by atoms with Gasteiger partial charge in [0.05, 0.1) is 0 Å². The van der Waals surface area contributed by atoms with Crippen LogP contribution in [0.5, 0.6) is 0 Å². The fourth-order valence-corrected chi connectivity index (χ4v) is 0.670. The maximum Gasteiger partial charge on any atom is 1.00 e. The minimum atomic E-state index is -1.05. The number of hydrogen-bond donors (Lipinski definition) is 1. The minimum Gasteiger partial charge on any atom is -0.698 e. The zero-order chi connectivity index (χ0) is 7.56. The van der Waals surface area contributed by atoms with Crippen LogP contribution in [-0.4, -0.2) is 11.1 Å². The van der Waals surface area contributed by atoms with Crippen molar-refractivity contribution in [1.29, 1.82) is 0 Å². The van der Waals surface area contributed by atoms with E-state index in [1.165, 1.54) is 12.1 Å². The molecule has 2 N–H and O–H groups in total. The Balaban J connectivity index is 0.000001000. The average Bonchev–Trinajstić information content (AvgIpc) is 1.88. The number of carboxylic acid groups (broad SMARTS) is 1. The molecule has 1 rings (SSSR count). The molecule has 0 saturated heterocycles. The number of benzene rings is 1. The van der Waals surface area contributed by atoms with Crippen molar-refractivity contribution in [2.24, 2.45) is 0 Å². The predicted octanol–water partition coefficient (Wildman–Crippen LogP) is -0.928. The second-order valence-corrected chi connectivity index (χ2v) is 1.85. The number of carboxylic acids is 1. The molecule has 0 fully saturated rings. The van der Waals surface area contributed by atoms with E-state index >= 15 is 0 Å². The Kier molecular flexibility index (Phi) is 4.18. The molecule has 4 heteroatoms. The molecule has 1 aromatic carbocycles. The van der Waals surface area contributed by atoms with Gasteiger partial charge in [0.25, 0.3) is 0 Å². The van der Waals surface area contributed by atoms with Crippen LogP contribution >= 0.6 is 0 Å². The van der Waals surface area contributed by atoms with Gasteiger partial charge in [-0.25, -0.2) is 4.79 Å². The van der Waals surface area contributed by atoms with E-state index < -0.39 is 5.97 Å². The van der Waals surface area contributed by atoms with E-state index in [-0.39, 0.29) is 40.8 Å². The summed E-state index contributed by atoms with van der Waals surface area (Å²) in [5.41, 5.74) is 7.22. The van der Waals surface area contributed by atoms with Gasteiger partial charge in [0.2, 0.25) is 0 Å². The Bertz CT molecular complexity index is 262. The molecule has 0 saturated carbocycles. The Morgan fingerprint density at radius 1 is 1.36 bits per heavy atom. The van der Waals surface area contributed by atoms with Crippen molar-refractivity contribution in [3.8, 4) is 0 Å². The molecule has 0 spiro atoms. The number of hydrogen-bond acceptors (Lipinski definition) is 1. The van der Waals surface area contributed by atoms with Crippen LogP contribution in [0.4, 0.5) is 5.69 Å². The molecule has 52 valence electrons. The monoisotopic (exact) mass is 159 g/mol. The van der Waals surface area contributed by atoms with Gasteiger partial charge in [-0.3, -0.25) is 0 Å². The predicted molar refractivity (Wildman–Crippen MR) is 37.4 cm³/mol. The van der Waals surface area contributed by atoms with Gasteiger partial charge in [-0.1, -0.05) is 18.2 Å². The van der Waals surface area contributed by atoms with Gasteiger partial charge in [-0.15, -0.1) is 5.69 Å². The number of aromatic carboxylic acids is 1. The van der Waals surface area contributed by atoms with E-state index in [2.05, 4.69) is 0 Å². The summed E-state index contributed by atoms with van der Waals surface area (Å²) < 4.78 is 0. The zero-order valence-corrected chi connectivity index (χ0v) is 8.16. The van der Waals surface area contributed by atoms with E-state index in [0.29, 0.717) is 0 Å². The summed E-state index contributed by atoms with van der Waals surface area (Å²) in [4.78, 5) is 10.3. The van der Waals surface area contributed by atoms with Crippen LogP contribution in [-0.2, 0) is 0 Å². The average molecular weight is 159 g/mol. The van der Waals surface area contributed by atoms with Crippen LogP contribution in [0.15, 0.2) is 24.3 Å². The standard InChI is InChI=1S/C7H6NO2.Na/c8-6-4-2-1-3-5(6)7(9)10;/h1-4,8H,(H,9,10);/q-1;+1. The zero-order valence-electron chi connectivity index (χ0n) is 6.16. The van der Waals surface area contributed by atoms with Crippen LogP contribution in [0.2, 0.25) is 0 Å². The summed E-state index contributed by atoms with van der Waals surface area (Å²) in [6.45, 7) is 0. The van der Waals surface area contributed by atoms with Crippen LogP contribution in [0, 0.1) is 0 Å². The Morgan fingerprint density at radius 2 is 1.91 bits per heavy atom. The van der Waals surface area contributed by atoms with Crippen molar-refractivity contribution >= 4 is 11.7 Å². The van der Waals surface area contributed by atoms with E-state index in [0.717, 1.165) is 0 Å². The fourth-order valence-electron chi connectivity index (χ4n) is 0.670. The number of nitrogens with one attached hydrogen (secondary N) is 1. The third-order valence-corrected chi connectivity index (χ3v) is 1.16. The second kappa shape index (κ2) is 4.38. The largest absolute Gasteiger partial charge is 1.00 e. The molecule has 3 nitrogen and oxygen atoms in total. The first-order valence-corrected chi connectivity index (χ1v) is 2.76. The van der Waals surface area contributed by atoms with Gasteiger partial charge in [0.15, 0.2) is 0 Å². The Hall–Kier alpha value is -0.510. The molecule has 0 unspecified atom stereocenters. The Labute approximate surface area is 86.5 Å². The SMILES string of the molecule is [NH-]c1ccccc1C(=O)O.[Na+]. The fraction of sp³-hybridized carbons (Fsp3) is 0. The molecule has 0 atom stereocenters. The van der Waals surface area contributed by atoms with Crippen molar-refractivity contribution in [1.82, 2.24) is 0 Å². The molecule has 0 aliphatic carbocycles. The van der Waals surface area contributed by atoms with Gasteiger partial charge in [-0.2, -0.15) is 0 Å². The summed E-state index contributed by atoms with van der Waals surface area (Å²) in [5.74, 6) is -1.05.